The van der Waals surface area contributed by atoms with Gasteiger partial charge in [-0.2, -0.15) is 0 Å². The summed E-state index contributed by atoms with van der Waals surface area (Å²) in [6, 6.07) is 8.09. The third kappa shape index (κ3) is 4.87. The lowest BCUT2D eigenvalue weighted by Crippen LogP contribution is -2.48. The van der Waals surface area contributed by atoms with Crippen LogP contribution < -0.4 is 10.2 Å². The van der Waals surface area contributed by atoms with E-state index in [1.54, 1.807) is 49.1 Å². The SMILES string of the molecule is COC(=O)c1cccc(NC(=O)c2cc(C)nc(N3CCN(C(C)=O)CC3)n2)c1. The Morgan fingerprint density at radius 3 is 2.45 bits per heavy atom. The average Bonchev–Trinajstić information content (AvgIpc) is 2.73. The smallest absolute Gasteiger partial charge is 0.337 e. The van der Waals surface area contributed by atoms with Crippen molar-refractivity contribution in [1.29, 1.82) is 0 Å². The van der Waals surface area contributed by atoms with E-state index in [2.05, 4.69) is 15.3 Å². The zero-order valence-corrected chi connectivity index (χ0v) is 16.6. The van der Waals surface area contributed by atoms with Gasteiger partial charge >= 0.3 is 5.97 Å². The molecule has 2 aromatic rings. The van der Waals surface area contributed by atoms with E-state index in [0.29, 0.717) is 49.1 Å². The first-order valence-corrected chi connectivity index (χ1v) is 9.23. The van der Waals surface area contributed by atoms with Crippen molar-refractivity contribution in [1.82, 2.24) is 14.9 Å². The standard InChI is InChI=1S/C20H23N5O4/c1-13-11-17(18(27)22-16-6-4-5-15(12-16)19(28)29-3)23-20(21-13)25-9-7-24(8-10-25)14(2)26/h4-6,11-12H,7-10H2,1-3H3,(H,22,27). The van der Waals surface area contributed by atoms with Crippen molar-refractivity contribution in [3.05, 3.63) is 47.3 Å². The van der Waals surface area contributed by atoms with Crippen LogP contribution in [0.3, 0.4) is 0 Å². The van der Waals surface area contributed by atoms with Crippen LogP contribution >= 0.6 is 0 Å². The number of carbonyl (C=O) groups excluding carboxylic acids is 3. The van der Waals surface area contributed by atoms with Crippen LogP contribution in [-0.2, 0) is 9.53 Å². The number of methoxy groups -OCH3 is 1. The van der Waals surface area contributed by atoms with Crippen LogP contribution in [0, 0.1) is 6.92 Å². The van der Waals surface area contributed by atoms with Crippen LogP contribution in [0.1, 0.15) is 33.5 Å². The fourth-order valence-corrected chi connectivity index (χ4v) is 3.07. The summed E-state index contributed by atoms with van der Waals surface area (Å²) >= 11 is 0. The number of carbonyl (C=O) groups is 3. The summed E-state index contributed by atoms with van der Waals surface area (Å²) in [5, 5.41) is 2.75. The van der Waals surface area contributed by atoms with Gasteiger partial charge in [0.2, 0.25) is 11.9 Å². The molecule has 9 heteroatoms. The third-order valence-electron chi connectivity index (χ3n) is 4.62. The van der Waals surface area contributed by atoms with Crippen molar-refractivity contribution >= 4 is 29.4 Å². The molecule has 29 heavy (non-hydrogen) atoms. The Kier molecular flexibility index (Phi) is 6.06. The molecular formula is C20H23N5O4. The molecule has 0 radical (unpaired) electrons. The van der Waals surface area contributed by atoms with E-state index in [-0.39, 0.29) is 11.6 Å². The average molecular weight is 397 g/mol. The third-order valence-corrected chi connectivity index (χ3v) is 4.62. The minimum absolute atomic E-state index is 0.0454. The number of nitrogens with zero attached hydrogens (tertiary/aromatic N) is 4. The molecule has 0 unspecified atom stereocenters. The molecule has 0 atom stereocenters. The Bertz CT molecular complexity index is 938. The van der Waals surface area contributed by atoms with Gasteiger partial charge < -0.3 is 19.9 Å². The zero-order chi connectivity index (χ0) is 21.0. The van der Waals surface area contributed by atoms with Gasteiger partial charge in [-0.1, -0.05) is 6.07 Å². The highest BCUT2D eigenvalue weighted by molar-refractivity contribution is 6.03. The Labute approximate surface area is 168 Å². The highest BCUT2D eigenvalue weighted by Gasteiger charge is 2.22. The summed E-state index contributed by atoms with van der Waals surface area (Å²) in [4.78, 5) is 48.4. The van der Waals surface area contributed by atoms with Crippen LogP contribution in [0.25, 0.3) is 0 Å². The molecule has 1 aromatic carbocycles. The predicted octanol–water partition coefficient (Wildman–Crippen LogP) is 1.49. The second-order valence-corrected chi connectivity index (χ2v) is 6.71. The van der Waals surface area contributed by atoms with E-state index in [4.69, 9.17) is 4.74 Å². The number of aromatic nitrogens is 2. The number of benzene rings is 1. The summed E-state index contributed by atoms with van der Waals surface area (Å²) < 4.78 is 4.70. The fraction of sp³-hybridized carbons (Fsp3) is 0.350. The lowest BCUT2D eigenvalue weighted by Gasteiger charge is -2.34. The summed E-state index contributed by atoms with van der Waals surface area (Å²) in [6.45, 7) is 5.74. The number of hydrogen-bond acceptors (Lipinski definition) is 7. The first-order chi connectivity index (χ1) is 13.9. The van der Waals surface area contributed by atoms with Crippen molar-refractivity contribution < 1.29 is 19.1 Å². The summed E-state index contributed by atoms with van der Waals surface area (Å²) in [6.07, 6.45) is 0. The molecular weight excluding hydrogens is 374 g/mol. The van der Waals surface area contributed by atoms with E-state index >= 15 is 0 Å². The van der Waals surface area contributed by atoms with Gasteiger partial charge in [-0.05, 0) is 31.2 Å². The Hall–Kier alpha value is -3.49. The Morgan fingerprint density at radius 1 is 1.07 bits per heavy atom. The highest BCUT2D eigenvalue weighted by atomic mass is 16.5. The van der Waals surface area contributed by atoms with Crippen molar-refractivity contribution in [2.24, 2.45) is 0 Å². The lowest BCUT2D eigenvalue weighted by molar-refractivity contribution is -0.129. The number of nitrogens with one attached hydrogen (secondary N) is 1. The number of piperazine rings is 1. The van der Waals surface area contributed by atoms with Gasteiger partial charge in [-0.3, -0.25) is 9.59 Å². The van der Waals surface area contributed by atoms with Gasteiger partial charge in [0.05, 0.1) is 12.7 Å². The van der Waals surface area contributed by atoms with E-state index < -0.39 is 11.9 Å². The summed E-state index contributed by atoms with van der Waals surface area (Å²) in [5.74, 6) is -0.377. The molecule has 9 nitrogen and oxygen atoms in total. The summed E-state index contributed by atoms with van der Waals surface area (Å²) in [5.41, 5.74) is 1.70. The second kappa shape index (κ2) is 8.68. The van der Waals surface area contributed by atoms with E-state index in [9.17, 15) is 14.4 Å². The molecule has 0 spiro atoms. The first kappa shape index (κ1) is 20.2. The van der Waals surface area contributed by atoms with Gasteiger partial charge in [0.15, 0.2) is 0 Å². The van der Waals surface area contributed by atoms with Crippen molar-refractivity contribution in [3.8, 4) is 0 Å². The first-order valence-electron chi connectivity index (χ1n) is 9.23. The topological polar surface area (TPSA) is 105 Å². The monoisotopic (exact) mass is 397 g/mol. The number of amides is 2. The molecule has 1 saturated heterocycles. The predicted molar refractivity (Wildman–Crippen MR) is 107 cm³/mol. The van der Waals surface area contributed by atoms with Gasteiger partial charge in [-0.25, -0.2) is 14.8 Å². The Balaban J connectivity index is 1.75. The largest absolute Gasteiger partial charge is 0.465 e. The zero-order valence-electron chi connectivity index (χ0n) is 16.6. The Morgan fingerprint density at radius 2 is 1.79 bits per heavy atom. The molecule has 1 N–H and O–H groups in total. The molecule has 3 rings (SSSR count). The van der Waals surface area contributed by atoms with Crippen LogP contribution in [0.4, 0.5) is 11.6 Å². The molecule has 152 valence electrons. The van der Waals surface area contributed by atoms with Gasteiger partial charge in [0.1, 0.15) is 5.69 Å². The van der Waals surface area contributed by atoms with Crippen LogP contribution in [0.2, 0.25) is 0 Å². The molecule has 0 saturated carbocycles. The quantitative estimate of drug-likeness (QED) is 0.780. The number of ether oxygens (including phenoxy) is 1. The number of aryl methyl sites for hydroxylation is 1. The molecule has 1 aliphatic rings. The van der Waals surface area contributed by atoms with Gasteiger partial charge in [0.25, 0.3) is 5.91 Å². The molecule has 1 aromatic heterocycles. The van der Waals surface area contributed by atoms with Crippen molar-refractivity contribution in [3.63, 3.8) is 0 Å². The van der Waals surface area contributed by atoms with Gasteiger partial charge in [-0.15, -0.1) is 0 Å². The summed E-state index contributed by atoms with van der Waals surface area (Å²) in [7, 11) is 1.30. The van der Waals surface area contributed by atoms with E-state index in [0.717, 1.165) is 0 Å². The maximum absolute atomic E-state index is 12.7. The van der Waals surface area contributed by atoms with Crippen LogP contribution in [0.5, 0.6) is 0 Å². The molecule has 0 bridgehead atoms. The second-order valence-electron chi connectivity index (χ2n) is 6.71. The molecule has 2 heterocycles. The van der Waals surface area contributed by atoms with Crippen LogP contribution in [0.15, 0.2) is 30.3 Å². The molecule has 1 fully saturated rings. The van der Waals surface area contributed by atoms with Crippen molar-refractivity contribution in [2.75, 3.05) is 43.5 Å². The maximum Gasteiger partial charge on any atom is 0.337 e. The van der Waals surface area contributed by atoms with E-state index in [1.165, 1.54) is 7.11 Å². The minimum atomic E-state index is -0.481. The molecule has 2 amide bonds. The number of hydrogen-bond donors (Lipinski definition) is 1. The number of rotatable bonds is 4. The molecule has 1 aliphatic heterocycles. The van der Waals surface area contributed by atoms with Crippen LogP contribution in [-0.4, -0.2) is 65.9 Å². The minimum Gasteiger partial charge on any atom is -0.465 e. The number of esters is 1. The highest BCUT2D eigenvalue weighted by Crippen LogP contribution is 2.16. The normalized spacial score (nSPS) is 13.8. The van der Waals surface area contributed by atoms with Gasteiger partial charge in [0, 0.05) is 44.5 Å². The molecule has 0 aliphatic carbocycles. The maximum atomic E-state index is 12.7. The number of anilines is 2. The fourth-order valence-electron chi connectivity index (χ4n) is 3.07. The van der Waals surface area contributed by atoms with Crippen molar-refractivity contribution in [2.45, 2.75) is 13.8 Å². The van der Waals surface area contributed by atoms with E-state index in [1.807, 2.05) is 4.90 Å². The lowest BCUT2D eigenvalue weighted by atomic mass is 10.2.